The lowest BCUT2D eigenvalue weighted by Crippen LogP contribution is -2.05. The summed E-state index contributed by atoms with van der Waals surface area (Å²) in [5, 5.41) is 3.11. The lowest BCUT2D eigenvalue weighted by molar-refractivity contribution is 0.810. The molecule has 64 valence electrons. The Morgan fingerprint density at radius 1 is 1.50 bits per heavy atom. The van der Waals surface area contributed by atoms with Gasteiger partial charge in [0.25, 0.3) is 0 Å². The highest BCUT2D eigenvalue weighted by atomic mass is 14.8. The topological polar surface area (TPSA) is 24.9 Å². The first kappa shape index (κ1) is 7.74. The molecule has 0 atom stereocenters. The van der Waals surface area contributed by atoms with Crippen LogP contribution in [0, 0.1) is 0 Å². The fraction of sp³-hybridized carbons (Fsp3) is 0.500. The van der Waals surface area contributed by atoms with E-state index in [-0.39, 0.29) is 0 Å². The molecule has 0 aromatic carbocycles. The zero-order valence-corrected chi connectivity index (χ0v) is 7.38. The number of rotatable bonds is 3. The van der Waals surface area contributed by atoms with Gasteiger partial charge in [0, 0.05) is 24.4 Å². The Morgan fingerprint density at radius 2 is 2.33 bits per heavy atom. The van der Waals surface area contributed by atoms with E-state index >= 15 is 0 Å². The molecule has 1 aromatic heterocycles. The molecule has 1 heterocycles. The molecule has 0 amide bonds. The SMILES string of the molecule is CNCc1ccc(C2CC2)nc1. The lowest BCUT2D eigenvalue weighted by atomic mass is 10.2. The first-order valence-electron chi connectivity index (χ1n) is 4.49. The largest absolute Gasteiger partial charge is 0.316 e. The zero-order valence-electron chi connectivity index (χ0n) is 7.38. The standard InChI is InChI=1S/C10H14N2/c1-11-6-8-2-5-10(12-7-8)9-3-4-9/h2,5,7,9,11H,3-4,6H2,1H3. The molecule has 1 aliphatic rings. The van der Waals surface area contributed by atoms with Crippen LogP contribution < -0.4 is 5.32 Å². The van der Waals surface area contributed by atoms with E-state index in [2.05, 4.69) is 22.4 Å². The first-order chi connectivity index (χ1) is 5.90. The van der Waals surface area contributed by atoms with Gasteiger partial charge in [0.1, 0.15) is 0 Å². The van der Waals surface area contributed by atoms with Gasteiger partial charge >= 0.3 is 0 Å². The fourth-order valence-electron chi connectivity index (χ4n) is 1.37. The Kier molecular flexibility index (Phi) is 2.09. The van der Waals surface area contributed by atoms with Crippen molar-refractivity contribution in [1.82, 2.24) is 10.3 Å². The quantitative estimate of drug-likeness (QED) is 0.731. The monoisotopic (exact) mass is 162 g/mol. The normalized spacial score (nSPS) is 16.4. The summed E-state index contributed by atoms with van der Waals surface area (Å²) in [5.41, 5.74) is 2.54. The Balaban J connectivity index is 2.08. The molecule has 2 rings (SSSR count). The lowest BCUT2D eigenvalue weighted by Gasteiger charge is -2.00. The maximum absolute atomic E-state index is 4.42. The number of aromatic nitrogens is 1. The van der Waals surface area contributed by atoms with Gasteiger partial charge in [-0.2, -0.15) is 0 Å². The van der Waals surface area contributed by atoms with Gasteiger partial charge in [-0.25, -0.2) is 0 Å². The predicted molar refractivity (Wildman–Crippen MR) is 49.0 cm³/mol. The highest BCUT2D eigenvalue weighted by Crippen LogP contribution is 2.38. The molecular weight excluding hydrogens is 148 g/mol. The van der Waals surface area contributed by atoms with Gasteiger partial charge in [0.2, 0.25) is 0 Å². The van der Waals surface area contributed by atoms with Crippen molar-refractivity contribution >= 4 is 0 Å². The summed E-state index contributed by atoms with van der Waals surface area (Å²) in [5.74, 6) is 0.772. The number of nitrogens with one attached hydrogen (secondary N) is 1. The molecule has 0 unspecified atom stereocenters. The van der Waals surface area contributed by atoms with Crippen LogP contribution in [0.4, 0.5) is 0 Å². The molecule has 1 N–H and O–H groups in total. The third-order valence-corrected chi connectivity index (χ3v) is 2.22. The van der Waals surface area contributed by atoms with E-state index in [0.29, 0.717) is 0 Å². The van der Waals surface area contributed by atoms with Gasteiger partial charge in [-0.1, -0.05) is 6.07 Å². The third kappa shape index (κ3) is 1.64. The summed E-state index contributed by atoms with van der Waals surface area (Å²) in [6.07, 6.45) is 4.64. The molecule has 1 fully saturated rings. The molecule has 2 heteroatoms. The molecule has 12 heavy (non-hydrogen) atoms. The molecule has 1 saturated carbocycles. The van der Waals surface area contributed by atoms with Crippen molar-refractivity contribution in [2.75, 3.05) is 7.05 Å². The first-order valence-corrected chi connectivity index (χ1v) is 4.49. The molecule has 0 saturated heterocycles. The van der Waals surface area contributed by atoms with Crippen LogP contribution in [-0.4, -0.2) is 12.0 Å². The minimum atomic E-state index is 0.772. The summed E-state index contributed by atoms with van der Waals surface area (Å²) < 4.78 is 0. The van der Waals surface area contributed by atoms with Crippen LogP contribution in [0.25, 0.3) is 0 Å². The number of hydrogen-bond acceptors (Lipinski definition) is 2. The minimum Gasteiger partial charge on any atom is -0.316 e. The van der Waals surface area contributed by atoms with Gasteiger partial charge in [-0.3, -0.25) is 4.98 Å². The molecule has 1 aromatic rings. The van der Waals surface area contributed by atoms with Crippen molar-refractivity contribution in [2.24, 2.45) is 0 Å². The van der Waals surface area contributed by atoms with Crippen molar-refractivity contribution in [3.05, 3.63) is 29.6 Å². The molecular formula is C10H14N2. The summed E-state index contributed by atoms with van der Waals surface area (Å²) in [6.45, 7) is 0.915. The Hall–Kier alpha value is -0.890. The Bertz CT molecular complexity index is 249. The number of nitrogens with zero attached hydrogens (tertiary/aromatic N) is 1. The molecule has 0 bridgehead atoms. The number of pyridine rings is 1. The van der Waals surface area contributed by atoms with Gasteiger partial charge in [-0.05, 0) is 31.5 Å². The molecule has 0 spiro atoms. The number of hydrogen-bond donors (Lipinski definition) is 1. The minimum absolute atomic E-state index is 0.772. The van der Waals surface area contributed by atoms with Crippen molar-refractivity contribution in [3.8, 4) is 0 Å². The maximum atomic E-state index is 4.42. The van der Waals surface area contributed by atoms with E-state index in [0.717, 1.165) is 12.5 Å². The average molecular weight is 162 g/mol. The maximum Gasteiger partial charge on any atom is 0.0434 e. The van der Waals surface area contributed by atoms with Crippen molar-refractivity contribution in [1.29, 1.82) is 0 Å². The second-order valence-corrected chi connectivity index (χ2v) is 3.40. The molecule has 2 nitrogen and oxygen atoms in total. The molecule has 0 aliphatic heterocycles. The van der Waals surface area contributed by atoms with Gasteiger partial charge in [0.05, 0.1) is 0 Å². The summed E-state index contributed by atoms with van der Waals surface area (Å²) in [4.78, 5) is 4.42. The van der Waals surface area contributed by atoms with E-state index < -0.39 is 0 Å². The van der Waals surface area contributed by atoms with Crippen LogP contribution in [0.5, 0.6) is 0 Å². The van der Waals surface area contributed by atoms with Crippen LogP contribution in [0.1, 0.15) is 30.0 Å². The van der Waals surface area contributed by atoms with E-state index in [1.54, 1.807) is 0 Å². The van der Waals surface area contributed by atoms with Crippen LogP contribution in [0.15, 0.2) is 18.3 Å². The van der Waals surface area contributed by atoms with E-state index in [1.807, 2.05) is 13.2 Å². The summed E-state index contributed by atoms with van der Waals surface area (Å²) in [6, 6.07) is 4.32. The predicted octanol–water partition coefficient (Wildman–Crippen LogP) is 1.68. The highest BCUT2D eigenvalue weighted by Gasteiger charge is 2.24. The van der Waals surface area contributed by atoms with E-state index in [4.69, 9.17) is 0 Å². The van der Waals surface area contributed by atoms with Crippen molar-refractivity contribution in [2.45, 2.75) is 25.3 Å². The van der Waals surface area contributed by atoms with E-state index in [9.17, 15) is 0 Å². The second-order valence-electron chi connectivity index (χ2n) is 3.40. The van der Waals surface area contributed by atoms with Crippen LogP contribution in [-0.2, 0) is 6.54 Å². The van der Waals surface area contributed by atoms with E-state index in [1.165, 1.54) is 24.1 Å². The van der Waals surface area contributed by atoms with Gasteiger partial charge < -0.3 is 5.32 Å². The molecule has 1 aliphatic carbocycles. The Labute approximate surface area is 73.0 Å². The highest BCUT2D eigenvalue weighted by molar-refractivity contribution is 5.19. The fourth-order valence-corrected chi connectivity index (χ4v) is 1.37. The van der Waals surface area contributed by atoms with Crippen LogP contribution >= 0.6 is 0 Å². The van der Waals surface area contributed by atoms with Crippen molar-refractivity contribution in [3.63, 3.8) is 0 Å². The van der Waals surface area contributed by atoms with Crippen LogP contribution in [0.2, 0.25) is 0 Å². The Morgan fingerprint density at radius 3 is 2.83 bits per heavy atom. The van der Waals surface area contributed by atoms with Crippen LogP contribution in [0.3, 0.4) is 0 Å². The second kappa shape index (κ2) is 3.23. The van der Waals surface area contributed by atoms with Gasteiger partial charge in [0.15, 0.2) is 0 Å². The summed E-state index contributed by atoms with van der Waals surface area (Å²) >= 11 is 0. The van der Waals surface area contributed by atoms with Crippen molar-refractivity contribution < 1.29 is 0 Å². The average Bonchev–Trinajstić information content (AvgIpc) is 2.89. The zero-order chi connectivity index (χ0) is 8.39. The summed E-state index contributed by atoms with van der Waals surface area (Å²) in [7, 11) is 1.95. The smallest absolute Gasteiger partial charge is 0.0434 e. The van der Waals surface area contributed by atoms with Gasteiger partial charge in [-0.15, -0.1) is 0 Å². The molecule has 0 radical (unpaired) electrons. The third-order valence-electron chi connectivity index (χ3n) is 2.22.